The van der Waals surface area contributed by atoms with E-state index in [2.05, 4.69) is 11.0 Å². The van der Waals surface area contributed by atoms with Crippen LogP contribution < -0.4 is 9.47 Å². The van der Waals surface area contributed by atoms with Gasteiger partial charge in [-0.2, -0.15) is 0 Å². The average molecular weight is 318 g/mol. The summed E-state index contributed by atoms with van der Waals surface area (Å²) in [6.07, 6.45) is 2.17. The molecule has 0 aliphatic carbocycles. The Morgan fingerprint density at radius 3 is 2.83 bits per heavy atom. The van der Waals surface area contributed by atoms with Gasteiger partial charge in [0.25, 0.3) is 0 Å². The Kier molecular flexibility index (Phi) is 5.06. The Hall–Kier alpha value is -1.75. The highest BCUT2D eigenvalue weighted by molar-refractivity contribution is 5.78. The lowest BCUT2D eigenvalue weighted by molar-refractivity contribution is -0.132. The Morgan fingerprint density at radius 2 is 2.04 bits per heavy atom. The van der Waals surface area contributed by atoms with Crippen molar-refractivity contribution in [1.29, 1.82) is 0 Å². The van der Waals surface area contributed by atoms with Crippen molar-refractivity contribution in [1.82, 2.24) is 9.80 Å². The molecule has 0 N–H and O–H groups in total. The zero-order valence-electron chi connectivity index (χ0n) is 14.1. The number of likely N-dealkylation sites (tertiary alicyclic amines) is 1. The molecule has 0 bridgehead atoms. The Balaban J connectivity index is 1.78. The minimum Gasteiger partial charge on any atom is -0.486 e. The molecule has 1 atom stereocenters. The molecule has 1 aromatic carbocycles. The molecule has 3 rings (SSSR count). The van der Waals surface area contributed by atoms with Gasteiger partial charge in [0.05, 0.1) is 6.54 Å². The summed E-state index contributed by atoms with van der Waals surface area (Å²) < 4.78 is 11.6. The van der Waals surface area contributed by atoms with Crippen LogP contribution in [0.5, 0.6) is 11.5 Å². The van der Waals surface area contributed by atoms with Crippen LogP contribution in [0.2, 0.25) is 0 Å². The van der Waals surface area contributed by atoms with E-state index in [-0.39, 0.29) is 11.9 Å². The van der Waals surface area contributed by atoms with Gasteiger partial charge in [0.2, 0.25) is 5.91 Å². The first-order valence-electron chi connectivity index (χ1n) is 8.65. The number of carbonyl (C=O) groups is 1. The van der Waals surface area contributed by atoms with Crippen molar-refractivity contribution < 1.29 is 14.3 Å². The number of amides is 1. The van der Waals surface area contributed by atoms with Crippen LogP contribution in [-0.2, 0) is 4.79 Å². The first-order chi connectivity index (χ1) is 11.2. The summed E-state index contributed by atoms with van der Waals surface area (Å²) in [6, 6.07) is 6.33. The number of rotatable bonds is 5. The number of para-hydroxylation sites is 1. The van der Waals surface area contributed by atoms with E-state index in [0.717, 1.165) is 49.5 Å². The van der Waals surface area contributed by atoms with Gasteiger partial charge >= 0.3 is 0 Å². The van der Waals surface area contributed by atoms with Crippen LogP contribution in [0.1, 0.15) is 38.3 Å². The molecule has 1 aromatic rings. The highest BCUT2D eigenvalue weighted by Crippen LogP contribution is 2.42. The Labute approximate surface area is 138 Å². The largest absolute Gasteiger partial charge is 0.486 e. The van der Waals surface area contributed by atoms with Gasteiger partial charge in [0.15, 0.2) is 11.5 Å². The van der Waals surface area contributed by atoms with E-state index >= 15 is 0 Å². The van der Waals surface area contributed by atoms with E-state index in [4.69, 9.17) is 9.47 Å². The van der Waals surface area contributed by atoms with Gasteiger partial charge in [-0.15, -0.1) is 0 Å². The number of hydrogen-bond acceptors (Lipinski definition) is 4. The lowest BCUT2D eigenvalue weighted by atomic mass is 10.0. The number of nitrogens with zero attached hydrogens (tertiary/aromatic N) is 2. The van der Waals surface area contributed by atoms with Crippen LogP contribution in [0.15, 0.2) is 18.2 Å². The fourth-order valence-corrected chi connectivity index (χ4v) is 3.58. The molecule has 1 amide bonds. The smallest absolute Gasteiger partial charge is 0.236 e. The third-order valence-electron chi connectivity index (χ3n) is 4.77. The number of benzene rings is 1. The highest BCUT2D eigenvalue weighted by Gasteiger charge is 2.32. The van der Waals surface area contributed by atoms with Gasteiger partial charge in [0.1, 0.15) is 13.2 Å². The van der Waals surface area contributed by atoms with E-state index in [1.165, 1.54) is 0 Å². The molecule has 0 radical (unpaired) electrons. The van der Waals surface area contributed by atoms with E-state index in [0.29, 0.717) is 19.8 Å². The molecule has 1 saturated heterocycles. The van der Waals surface area contributed by atoms with Gasteiger partial charge in [-0.1, -0.05) is 12.1 Å². The molecule has 5 heteroatoms. The third-order valence-corrected chi connectivity index (χ3v) is 4.77. The lowest BCUT2D eigenvalue weighted by Gasteiger charge is -2.30. The van der Waals surface area contributed by atoms with Crippen molar-refractivity contribution in [2.24, 2.45) is 0 Å². The average Bonchev–Trinajstić information content (AvgIpc) is 3.03. The van der Waals surface area contributed by atoms with Crippen LogP contribution in [0.3, 0.4) is 0 Å². The number of fused-ring (bicyclic) bond motifs is 1. The van der Waals surface area contributed by atoms with E-state index in [9.17, 15) is 4.79 Å². The second-order valence-electron chi connectivity index (χ2n) is 6.07. The van der Waals surface area contributed by atoms with Crippen LogP contribution in [-0.4, -0.2) is 55.1 Å². The molecular formula is C18H26N2O3. The van der Waals surface area contributed by atoms with Crippen molar-refractivity contribution in [3.05, 3.63) is 23.8 Å². The van der Waals surface area contributed by atoms with E-state index in [1.807, 2.05) is 30.9 Å². The molecule has 2 aliphatic rings. The number of carbonyl (C=O) groups excluding carboxylic acids is 1. The van der Waals surface area contributed by atoms with Gasteiger partial charge in [-0.25, -0.2) is 0 Å². The summed E-state index contributed by atoms with van der Waals surface area (Å²) in [5.74, 6) is 1.91. The first-order valence-corrected chi connectivity index (χ1v) is 8.65. The predicted octanol–water partition coefficient (Wildman–Crippen LogP) is 2.46. The van der Waals surface area contributed by atoms with Crippen LogP contribution >= 0.6 is 0 Å². The molecule has 126 valence electrons. The van der Waals surface area contributed by atoms with Crippen LogP contribution in [0.25, 0.3) is 0 Å². The lowest BCUT2D eigenvalue weighted by Crippen LogP contribution is -2.40. The fraction of sp³-hybridized carbons (Fsp3) is 0.611. The Bertz CT molecular complexity index is 557. The molecule has 1 fully saturated rings. The molecule has 23 heavy (non-hydrogen) atoms. The highest BCUT2D eigenvalue weighted by atomic mass is 16.6. The summed E-state index contributed by atoms with van der Waals surface area (Å²) in [7, 11) is 0. The maximum Gasteiger partial charge on any atom is 0.236 e. The molecule has 0 saturated carbocycles. The van der Waals surface area contributed by atoms with Crippen molar-refractivity contribution in [2.45, 2.75) is 32.7 Å². The monoisotopic (exact) mass is 318 g/mol. The zero-order chi connectivity index (χ0) is 16.2. The summed E-state index contributed by atoms with van der Waals surface area (Å²) in [4.78, 5) is 16.6. The van der Waals surface area contributed by atoms with E-state index < -0.39 is 0 Å². The maximum atomic E-state index is 12.5. The second-order valence-corrected chi connectivity index (χ2v) is 6.07. The molecule has 2 heterocycles. The van der Waals surface area contributed by atoms with Gasteiger partial charge in [0, 0.05) is 24.7 Å². The van der Waals surface area contributed by atoms with Gasteiger partial charge in [-0.05, 0) is 39.3 Å². The standard InChI is InChI=1S/C18H26N2O3/c1-3-19(4-2)17(21)13-20-10-6-8-15(20)14-7-5-9-16-18(14)23-12-11-22-16/h5,7,9,15H,3-4,6,8,10-13H2,1-2H3. The number of hydrogen-bond donors (Lipinski definition) is 0. The summed E-state index contributed by atoms with van der Waals surface area (Å²) in [6.45, 7) is 8.24. The fourth-order valence-electron chi connectivity index (χ4n) is 3.58. The van der Waals surface area contributed by atoms with Gasteiger partial charge < -0.3 is 14.4 Å². The number of likely N-dealkylation sites (N-methyl/N-ethyl adjacent to an activating group) is 1. The molecule has 0 aromatic heterocycles. The second kappa shape index (κ2) is 7.21. The van der Waals surface area contributed by atoms with Gasteiger partial charge in [-0.3, -0.25) is 9.69 Å². The zero-order valence-corrected chi connectivity index (χ0v) is 14.1. The Morgan fingerprint density at radius 1 is 1.26 bits per heavy atom. The van der Waals surface area contributed by atoms with Crippen molar-refractivity contribution in [3.63, 3.8) is 0 Å². The van der Waals surface area contributed by atoms with Crippen LogP contribution in [0.4, 0.5) is 0 Å². The summed E-state index contributed by atoms with van der Waals surface area (Å²) in [5, 5.41) is 0. The maximum absolute atomic E-state index is 12.5. The minimum atomic E-state index is 0.212. The first kappa shape index (κ1) is 16.1. The van der Waals surface area contributed by atoms with Crippen molar-refractivity contribution in [2.75, 3.05) is 39.4 Å². The topological polar surface area (TPSA) is 42.0 Å². The quantitative estimate of drug-likeness (QED) is 0.836. The SMILES string of the molecule is CCN(CC)C(=O)CN1CCCC1c1cccc2c1OCCO2. The van der Waals surface area contributed by atoms with Crippen LogP contribution in [0, 0.1) is 0 Å². The van der Waals surface area contributed by atoms with E-state index in [1.54, 1.807) is 0 Å². The normalized spacial score (nSPS) is 20.5. The summed E-state index contributed by atoms with van der Waals surface area (Å²) >= 11 is 0. The molecular weight excluding hydrogens is 292 g/mol. The predicted molar refractivity (Wildman–Crippen MR) is 88.9 cm³/mol. The molecule has 0 spiro atoms. The molecule has 5 nitrogen and oxygen atoms in total. The van der Waals surface area contributed by atoms with Crippen molar-refractivity contribution >= 4 is 5.91 Å². The third kappa shape index (κ3) is 3.29. The summed E-state index contributed by atoms with van der Waals surface area (Å²) in [5.41, 5.74) is 1.16. The number of ether oxygens (including phenoxy) is 2. The molecule has 1 unspecified atom stereocenters. The minimum absolute atomic E-state index is 0.212. The van der Waals surface area contributed by atoms with Crippen molar-refractivity contribution in [3.8, 4) is 11.5 Å². The molecule has 2 aliphatic heterocycles.